The molecular formula is C56H61Cl2N21O23S4. The largest absolute Gasteiger partial charge is 0.481 e. The first-order valence-corrected chi connectivity index (χ1v) is 35.7. The van der Waals surface area contributed by atoms with Crippen LogP contribution in [0.2, 0.25) is 10.2 Å². The molecule has 9 rings (SSSR count). The zero-order valence-electron chi connectivity index (χ0n) is 56.7. The summed E-state index contributed by atoms with van der Waals surface area (Å²) in [5, 5.41) is 11.2. The maximum atomic E-state index is 12.6. The number of aromatic nitrogens is 13. The van der Waals surface area contributed by atoms with E-state index >= 15 is 0 Å². The van der Waals surface area contributed by atoms with Gasteiger partial charge in [-0.05, 0) is 49.7 Å². The van der Waals surface area contributed by atoms with E-state index in [0.29, 0.717) is 11.5 Å². The third-order valence-corrected chi connectivity index (χ3v) is 18.5. The van der Waals surface area contributed by atoms with Crippen LogP contribution < -0.4 is 73.3 Å². The quantitative estimate of drug-likeness (QED) is 0.0425. The number of carbonyl (C=O) groups is 6. The first-order valence-electron chi connectivity index (χ1n) is 28.9. The number of aryl methyl sites for hydroxylation is 2. The van der Waals surface area contributed by atoms with Gasteiger partial charge in [-0.2, -0.15) is 66.8 Å². The molecule has 0 saturated heterocycles. The van der Waals surface area contributed by atoms with E-state index in [1.807, 2.05) is 14.2 Å². The molecule has 0 fully saturated rings. The van der Waals surface area contributed by atoms with Gasteiger partial charge in [-0.25, -0.2) is 69.5 Å². The number of sulfonamides is 4. The van der Waals surface area contributed by atoms with E-state index in [1.165, 1.54) is 123 Å². The van der Waals surface area contributed by atoms with Crippen molar-refractivity contribution in [2.75, 3.05) is 84.8 Å². The zero-order valence-corrected chi connectivity index (χ0v) is 61.5. The molecule has 0 aliphatic heterocycles. The van der Waals surface area contributed by atoms with Crippen molar-refractivity contribution < 1.29 is 105 Å². The van der Waals surface area contributed by atoms with Gasteiger partial charge in [0.05, 0.1) is 104 Å². The van der Waals surface area contributed by atoms with Crippen molar-refractivity contribution in [1.29, 1.82) is 0 Å². The summed E-state index contributed by atoms with van der Waals surface area (Å²) < 4.78 is 152. The monoisotopic (exact) mass is 1590 g/mol. The maximum Gasteiger partial charge on any atom is 0.342 e. The van der Waals surface area contributed by atoms with Gasteiger partial charge in [0, 0.05) is 13.2 Å². The summed E-state index contributed by atoms with van der Waals surface area (Å²) in [4.78, 5) is 110. The van der Waals surface area contributed by atoms with Crippen molar-refractivity contribution in [3.63, 3.8) is 0 Å². The molecule has 566 valence electrons. The van der Waals surface area contributed by atoms with Crippen LogP contribution in [0, 0.1) is 6.92 Å². The lowest BCUT2D eigenvalue weighted by Gasteiger charge is -2.11. The number of carbonyl (C=O) groups excluding carboxylic acids is 6. The number of rotatable bonds is 23. The van der Waals surface area contributed by atoms with Crippen molar-refractivity contribution in [3.05, 3.63) is 130 Å². The third kappa shape index (κ3) is 23.3. The number of methoxy groups -OCH3 is 8. The van der Waals surface area contributed by atoms with Gasteiger partial charge in [-0.3, -0.25) is 30.3 Å². The van der Waals surface area contributed by atoms with Gasteiger partial charge in [-0.15, -0.1) is 0 Å². The van der Waals surface area contributed by atoms with Gasteiger partial charge in [0.2, 0.25) is 69.1 Å². The summed E-state index contributed by atoms with van der Waals surface area (Å²) in [7, 11) is -5.13. The van der Waals surface area contributed by atoms with E-state index in [9.17, 15) is 62.4 Å². The maximum absolute atomic E-state index is 12.6. The van der Waals surface area contributed by atoms with E-state index in [-0.39, 0.29) is 108 Å². The van der Waals surface area contributed by atoms with Crippen LogP contribution >= 0.6 is 23.2 Å². The molecule has 7 aromatic heterocycles. The Morgan fingerprint density at radius 3 is 1.37 bits per heavy atom. The number of fused-ring (bicyclic) bond motifs is 1. The van der Waals surface area contributed by atoms with Crippen molar-refractivity contribution in [2.45, 2.75) is 34.5 Å². The fourth-order valence-electron chi connectivity index (χ4n) is 7.92. The van der Waals surface area contributed by atoms with Crippen LogP contribution in [-0.2, 0) is 62.4 Å². The van der Waals surface area contributed by atoms with Crippen molar-refractivity contribution in [3.8, 4) is 41.3 Å². The molecular weight excluding hydrogens is 1530 g/mol. The van der Waals surface area contributed by atoms with Gasteiger partial charge in [-0.1, -0.05) is 59.6 Å². The van der Waals surface area contributed by atoms with Crippen molar-refractivity contribution in [2.24, 2.45) is 7.05 Å². The molecule has 50 heteroatoms. The number of ether oxygens (including phenoxy) is 9. The highest BCUT2D eigenvalue weighted by molar-refractivity contribution is 7.91. The highest BCUT2D eigenvalue weighted by Crippen LogP contribution is 2.26. The highest BCUT2D eigenvalue weighted by atomic mass is 35.5. The Kier molecular flexibility index (Phi) is 28.9. The molecule has 0 unspecified atom stereocenters. The predicted molar refractivity (Wildman–Crippen MR) is 368 cm³/mol. The number of hydrogen-bond acceptors (Lipinski definition) is 34. The lowest BCUT2D eigenvalue weighted by Crippen LogP contribution is -2.36. The van der Waals surface area contributed by atoms with E-state index in [2.05, 4.69) is 80.9 Å². The summed E-state index contributed by atoms with van der Waals surface area (Å²) in [5.41, 5.74) is 0.249. The van der Waals surface area contributed by atoms with Crippen molar-refractivity contribution >= 4 is 129 Å². The van der Waals surface area contributed by atoms with Crippen LogP contribution in [0.4, 0.5) is 43.0 Å². The second kappa shape index (κ2) is 37.2. The number of urea groups is 4. The Labute approximate surface area is 611 Å². The number of anilines is 4. The highest BCUT2D eigenvalue weighted by Gasteiger charge is 2.32. The molecule has 8 N–H and O–H groups in total. The van der Waals surface area contributed by atoms with Gasteiger partial charge in [0.15, 0.2) is 15.2 Å². The minimum absolute atomic E-state index is 0.00882. The number of benzene rings is 2. The molecule has 9 aromatic rings. The molecule has 0 bridgehead atoms. The summed E-state index contributed by atoms with van der Waals surface area (Å²) in [6.07, 6.45) is 2.48. The molecule has 0 saturated carbocycles. The first kappa shape index (κ1) is 82.5. The fraction of sp³-hybridized carbons (Fsp3) is 0.232. The minimum Gasteiger partial charge on any atom is -0.481 e. The number of imidazole rings is 1. The number of amides is 8. The Morgan fingerprint density at radius 1 is 0.472 bits per heavy atom. The summed E-state index contributed by atoms with van der Waals surface area (Å²) in [6.45, 7) is 3.17. The van der Waals surface area contributed by atoms with Crippen molar-refractivity contribution in [1.82, 2.24) is 82.9 Å². The van der Waals surface area contributed by atoms with Crippen LogP contribution in [-0.4, -0.2) is 197 Å². The van der Waals surface area contributed by atoms with Crippen LogP contribution in [0.5, 0.6) is 41.3 Å². The molecule has 0 spiro atoms. The lowest BCUT2D eigenvalue weighted by molar-refractivity contribution is 0.0520. The number of halogens is 2. The van der Waals surface area contributed by atoms with E-state index in [0.717, 1.165) is 10.9 Å². The van der Waals surface area contributed by atoms with Crippen LogP contribution in [0.1, 0.15) is 39.0 Å². The third-order valence-electron chi connectivity index (χ3n) is 12.3. The van der Waals surface area contributed by atoms with Gasteiger partial charge in [0.25, 0.3) is 30.1 Å². The van der Waals surface area contributed by atoms with Gasteiger partial charge >= 0.3 is 42.1 Å². The Bertz CT molecular complexity index is 5130. The van der Waals surface area contributed by atoms with Gasteiger partial charge < -0.3 is 42.6 Å². The first-order chi connectivity index (χ1) is 50.1. The zero-order chi connectivity index (χ0) is 78.3. The SMILES string of the molecule is CCOC(=O)c1cnn(C)c1S(=O)(=O)NC(=O)Nc1nc(OC)cc(OC)n1.COC(=O)c1ccccc1CS(=O)(=O)NC(=O)Nc1nc(OC)cc(OC)n1.COc1cc(OC)nc(NC(=O)NS(=O)(=O)c2c(Cl)nc3ccccn23)n1.COc1nc(C)nc(NC(=O)NS(=O)(=O)c2ccccc2Cl)n1. The smallest absolute Gasteiger partial charge is 0.342 e. The Balaban J connectivity index is 0.000000222. The second-order valence-electron chi connectivity index (χ2n) is 19.4. The van der Waals surface area contributed by atoms with E-state index in [4.69, 9.17) is 61.1 Å². The summed E-state index contributed by atoms with van der Waals surface area (Å²) >= 11 is 11.7. The molecule has 0 aliphatic rings. The average Bonchev–Trinajstić information content (AvgIpc) is 1.62. The van der Waals surface area contributed by atoms with Crippen LogP contribution in [0.25, 0.3) is 5.65 Å². The Morgan fingerprint density at radius 2 is 0.906 bits per heavy atom. The number of esters is 2. The molecule has 2 aromatic carbocycles. The number of pyridine rings is 1. The molecule has 44 nitrogen and oxygen atoms in total. The lowest BCUT2D eigenvalue weighted by atomic mass is 10.1. The van der Waals surface area contributed by atoms with Crippen LogP contribution in [0.3, 0.4) is 0 Å². The fourth-order valence-corrected chi connectivity index (χ4v) is 13.2. The van der Waals surface area contributed by atoms with E-state index < -0.39 is 86.9 Å². The van der Waals surface area contributed by atoms with E-state index in [1.54, 1.807) is 55.0 Å². The number of hydrogen-bond donors (Lipinski definition) is 8. The number of nitrogens with zero attached hydrogens (tertiary/aromatic N) is 13. The summed E-state index contributed by atoms with van der Waals surface area (Å²) in [5.74, 6) is -2.15. The minimum atomic E-state index is -4.47. The molecule has 0 radical (unpaired) electrons. The normalized spacial score (nSPS) is 10.9. The van der Waals surface area contributed by atoms with Gasteiger partial charge in [0.1, 0.15) is 21.9 Å². The molecule has 8 amide bonds. The Hall–Kier alpha value is -12.4. The molecule has 7 heterocycles. The second-order valence-corrected chi connectivity index (χ2v) is 26.8. The molecule has 0 aliphatic carbocycles. The topological polar surface area (TPSA) is 569 Å². The standard InChI is InChI=1S/C16H18N4O7S.C14H13ClN6O5S.C14H18N6O7S.C12H12ClN5O4S/c1-25-12-8-13(26-2)18-15(17-12)19-16(22)20-28(23,24)9-10-6-4-5-7-11(10)14(21)27-3;1-25-9-7-10(26-2)18-13(17-9)19-14(22)20-27(23,24)12-11(15)16-8-5-3-4-6-21(8)12;1-5-27-12(21)8-7-15-20(2)11(8)28(23,24)19-14(22)18-13-16-9(25-3)6-10(17-13)26-4;1-7-14-10(17-12(15-7)22-2)16-11(19)18-23(20,21)9-6-4-3-5-8(9)13/h4-8H,9H2,1-3H3,(H2,17,18,19,20,22);3-7H,1-2H3,(H2,17,18,19,20,22);6-7H,5H2,1-4H3,(H2,16,17,18,19,22);3-6H,1-2H3,(H2,14,15,16,17,18,19). The molecule has 106 heavy (non-hydrogen) atoms. The van der Waals surface area contributed by atoms with Crippen LogP contribution in [0.15, 0.2) is 112 Å². The summed E-state index contributed by atoms with van der Waals surface area (Å²) in [6, 6.07) is 16.3. The molecule has 0 atom stereocenters. The predicted octanol–water partition coefficient (Wildman–Crippen LogP) is 3.50. The number of nitrogens with one attached hydrogen (secondary N) is 8. The average molecular weight is 1600 g/mol.